The van der Waals surface area contributed by atoms with Gasteiger partial charge in [0.2, 0.25) is 0 Å². The lowest BCUT2D eigenvalue weighted by molar-refractivity contribution is -0.137. The molecule has 90 valence electrons. The first kappa shape index (κ1) is 14.4. The lowest BCUT2D eigenvalue weighted by Gasteiger charge is -2.09. The van der Waals surface area contributed by atoms with E-state index >= 15 is 0 Å². The van der Waals surface area contributed by atoms with Crippen molar-refractivity contribution in [2.24, 2.45) is 0 Å². The van der Waals surface area contributed by atoms with Gasteiger partial charge in [0.05, 0.1) is 6.10 Å². The number of carboxylic acid groups (broad SMARTS) is 1. The molecule has 0 saturated heterocycles. The molecule has 0 aromatic rings. The average molecular weight is 216 g/mol. The number of aliphatic hydroxyl groups excluding tert-OH is 1. The molecule has 0 saturated carbocycles. The zero-order valence-corrected chi connectivity index (χ0v) is 9.74. The van der Waals surface area contributed by atoms with Crippen LogP contribution in [0, 0.1) is 0 Å². The number of rotatable bonds is 10. The Hall–Kier alpha value is -0.570. The van der Waals surface area contributed by atoms with E-state index in [2.05, 4.69) is 6.92 Å². The maximum Gasteiger partial charge on any atom is 0.303 e. The molecule has 2 N–H and O–H groups in total. The molecule has 3 heteroatoms. The monoisotopic (exact) mass is 216 g/mol. The molecule has 0 bridgehead atoms. The van der Waals surface area contributed by atoms with Crippen LogP contribution in [-0.4, -0.2) is 22.3 Å². The predicted molar refractivity (Wildman–Crippen MR) is 60.9 cm³/mol. The van der Waals surface area contributed by atoms with E-state index in [1.54, 1.807) is 0 Å². The van der Waals surface area contributed by atoms with Gasteiger partial charge in [0.25, 0.3) is 0 Å². The Labute approximate surface area is 92.5 Å². The van der Waals surface area contributed by atoms with E-state index < -0.39 is 5.97 Å². The molecule has 1 unspecified atom stereocenters. The van der Waals surface area contributed by atoms with Crippen LogP contribution in [0.1, 0.15) is 64.7 Å². The van der Waals surface area contributed by atoms with Crippen molar-refractivity contribution >= 4 is 5.97 Å². The maximum atomic E-state index is 10.2. The van der Waals surface area contributed by atoms with Gasteiger partial charge < -0.3 is 10.2 Å². The Bertz CT molecular complexity index is 157. The van der Waals surface area contributed by atoms with Crippen molar-refractivity contribution in [1.29, 1.82) is 0 Å². The van der Waals surface area contributed by atoms with Crippen molar-refractivity contribution in [3.8, 4) is 0 Å². The minimum atomic E-state index is -0.773. The van der Waals surface area contributed by atoms with Gasteiger partial charge in [0, 0.05) is 6.42 Å². The SMILES string of the molecule is CCCCCCCC(O)CCCC(=O)O. The van der Waals surface area contributed by atoms with E-state index in [4.69, 9.17) is 5.11 Å². The van der Waals surface area contributed by atoms with Crippen LogP contribution in [-0.2, 0) is 4.79 Å². The number of carbonyl (C=O) groups is 1. The quantitative estimate of drug-likeness (QED) is 0.552. The van der Waals surface area contributed by atoms with Crippen molar-refractivity contribution in [2.75, 3.05) is 0 Å². The minimum absolute atomic E-state index is 0.174. The summed E-state index contributed by atoms with van der Waals surface area (Å²) in [7, 11) is 0. The van der Waals surface area contributed by atoms with Crippen molar-refractivity contribution < 1.29 is 15.0 Å². The Morgan fingerprint density at radius 2 is 1.67 bits per heavy atom. The van der Waals surface area contributed by atoms with Crippen molar-refractivity contribution in [3.05, 3.63) is 0 Å². The third kappa shape index (κ3) is 11.4. The second-order valence-corrected chi connectivity index (χ2v) is 4.14. The summed E-state index contributed by atoms with van der Waals surface area (Å²) in [5, 5.41) is 17.9. The summed E-state index contributed by atoms with van der Waals surface area (Å²) in [4.78, 5) is 10.2. The molecule has 0 aliphatic rings. The van der Waals surface area contributed by atoms with Crippen molar-refractivity contribution in [3.63, 3.8) is 0 Å². The van der Waals surface area contributed by atoms with E-state index in [1.165, 1.54) is 25.7 Å². The number of unbranched alkanes of at least 4 members (excludes halogenated alkanes) is 4. The molecule has 0 fully saturated rings. The fourth-order valence-electron chi connectivity index (χ4n) is 1.62. The van der Waals surface area contributed by atoms with Crippen LogP contribution in [0.3, 0.4) is 0 Å². The Morgan fingerprint density at radius 3 is 2.27 bits per heavy atom. The Balaban J connectivity index is 3.18. The van der Waals surface area contributed by atoms with Crippen LogP contribution in [0.4, 0.5) is 0 Å². The average Bonchev–Trinajstić information content (AvgIpc) is 2.17. The fourth-order valence-corrected chi connectivity index (χ4v) is 1.62. The smallest absolute Gasteiger partial charge is 0.303 e. The number of aliphatic carboxylic acids is 1. The maximum absolute atomic E-state index is 10.2. The van der Waals surface area contributed by atoms with Crippen LogP contribution < -0.4 is 0 Å². The molecule has 1 atom stereocenters. The van der Waals surface area contributed by atoms with Gasteiger partial charge in [-0.3, -0.25) is 4.79 Å². The topological polar surface area (TPSA) is 57.5 Å². The van der Waals surface area contributed by atoms with Gasteiger partial charge in [0.1, 0.15) is 0 Å². The highest BCUT2D eigenvalue weighted by Crippen LogP contribution is 2.11. The van der Waals surface area contributed by atoms with E-state index in [0.29, 0.717) is 12.8 Å². The van der Waals surface area contributed by atoms with E-state index in [9.17, 15) is 9.90 Å². The van der Waals surface area contributed by atoms with E-state index in [0.717, 1.165) is 12.8 Å². The van der Waals surface area contributed by atoms with Crippen LogP contribution in [0.15, 0.2) is 0 Å². The summed E-state index contributed by atoms with van der Waals surface area (Å²) in [6, 6.07) is 0. The summed E-state index contributed by atoms with van der Waals surface area (Å²) in [5.74, 6) is -0.773. The molecule has 0 spiro atoms. The first-order valence-corrected chi connectivity index (χ1v) is 6.06. The molecular weight excluding hydrogens is 192 g/mol. The molecule has 0 rings (SSSR count). The van der Waals surface area contributed by atoms with Gasteiger partial charge in [-0.25, -0.2) is 0 Å². The molecule has 0 radical (unpaired) electrons. The van der Waals surface area contributed by atoms with Crippen LogP contribution in [0.25, 0.3) is 0 Å². The largest absolute Gasteiger partial charge is 0.481 e. The van der Waals surface area contributed by atoms with Crippen LogP contribution in [0.5, 0.6) is 0 Å². The lowest BCUT2D eigenvalue weighted by Crippen LogP contribution is -2.07. The standard InChI is InChI=1S/C12H24O3/c1-2-3-4-5-6-8-11(13)9-7-10-12(14)15/h11,13H,2-10H2,1H3,(H,14,15). The van der Waals surface area contributed by atoms with Gasteiger partial charge in [-0.2, -0.15) is 0 Å². The minimum Gasteiger partial charge on any atom is -0.481 e. The molecule has 0 aliphatic heterocycles. The number of hydrogen-bond acceptors (Lipinski definition) is 2. The second kappa shape index (κ2) is 9.97. The van der Waals surface area contributed by atoms with Gasteiger partial charge in [-0.15, -0.1) is 0 Å². The molecule has 0 heterocycles. The van der Waals surface area contributed by atoms with Crippen molar-refractivity contribution in [2.45, 2.75) is 70.8 Å². The summed E-state index contributed by atoms with van der Waals surface area (Å²) >= 11 is 0. The highest BCUT2D eigenvalue weighted by atomic mass is 16.4. The Kier molecular flexibility index (Phi) is 9.59. The zero-order chi connectivity index (χ0) is 11.5. The fraction of sp³-hybridized carbons (Fsp3) is 0.917. The zero-order valence-electron chi connectivity index (χ0n) is 9.74. The second-order valence-electron chi connectivity index (χ2n) is 4.14. The molecule has 0 amide bonds. The molecule has 0 aliphatic carbocycles. The number of carboxylic acids is 1. The highest BCUT2D eigenvalue weighted by Gasteiger charge is 2.05. The third-order valence-electron chi connectivity index (χ3n) is 2.57. The van der Waals surface area contributed by atoms with Gasteiger partial charge >= 0.3 is 5.97 Å². The normalized spacial score (nSPS) is 12.7. The molecule has 0 aromatic carbocycles. The number of hydrogen-bond donors (Lipinski definition) is 2. The van der Waals surface area contributed by atoms with Crippen LogP contribution in [0.2, 0.25) is 0 Å². The highest BCUT2D eigenvalue weighted by molar-refractivity contribution is 5.66. The summed E-state index contributed by atoms with van der Waals surface area (Å²) in [6.07, 6.45) is 7.92. The first-order valence-electron chi connectivity index (χ1n) is 6.06. The summed E-state index contributed by atoms with van der Waals surface area (Å²) in [6.45, 7) is 2.18. The molecule has 0 aromatic heterocycles. The summed E-state index contributed by atoms with van der Waals surface area (Å²) < 4.78 is 0. The molecular formula is C12H24O3. The first-order chi connectivity index (χ1) is 7.16. The Morgan fingerprint density at radius 1 is 1.07 bits per heavy atom. The van der Waals surface area contributed by atoms with Gasteiger partial charge in [0.15, 0.2) is 0 Å². The van der Waals surface area contributed by atoms with Crippen molar-refractivity contribution in [1.82, 2.24) is 0 Å². The lowest BCUT2D eigenvalue weighted by atomic mass is 10.0. The van der Waals surface area contributed by atoms with Crippen LogP contribution >= 0.6 is 0 Å². The number of aliphatic hydroxyl groups is 1. The van der Waals surface area contributed by atoms with E-state index in [-0.39, 0.29) is 12.5 Å². The predicted octanol–water partition coefficient (Wildman–Crippen LogP) is 2.96. The van der Waals surface area contributed by atoms with Gasteiger partial charge in [-0.05, 0) is 19.3 Å². The van der Waals surface area contributed by atoms with E-state index in [1.807, 2.05) is 0 Å². The summed E-state index contributed by atoms with van der Waals surface area (Å²) in [5.41, 5.74) is 0. The molecule has 3 nitrogen and oxygen atoms in total. The third-order valence-corrected chi connectivity index (χ3v) is 2.57. The molecule has 15 heavy (non-hydrogen) atoms. The van der Waals surface area contributed by atoms with Gasteiger partial charge in [-0.1, -0.05) is 39.0 Å².